The number of anilines is 1. The smallest absolute Gasteiger partial charge is 0.255 e. The SMILES string of the molecule is C=C1CCC(NC(=O)c2c(NC=O)sc(Cl)c2CC)C(=O)N1. The van der Waals surface area contributed by atoms with Crippen molar-refractivity contribution in [3.05, 3.63) is 27.7 Å². The highest BCUT2D eigenvalue weighted by Crippen LogP contribution is 2.37. The van der Waals surface area contributed by atoms with Gasteiger partial charge in [-0.2, -0.15) is 0 Å². The zero-order chi connectivity index (χ0) is 16.3. The maximum Gasteiger partial charge on any atom is 0.255 e. The molecule has 1 aromatic heterocycles. The highest BCUT2D eigenvalue weighted by Gasteiger charge is 2.29. The van der Waals surface area contributed by atoms with Crippen LogP contribution < -0.4 is 16.0 Å². The Morgan fingerprint density at radius 2 is 2.32 bits per heavy atom. The third-order valence-electron chi connectivity index (χ3n) is 3.38. The quantitative estimate of drug-likeness (QED) is 0.716. The average molecular weight is 342 g/mol. The Bertz CT molecular complexity index is 642. The minimum absolute atomic E-state index is 0.283. The number of piperidine rings is 1. The van der Waals surface area contributed by atoms with Crippen LogP contribution in [-0.2, 0) is 16.0 Å². The first kappa shape index (κ1) is 16.5. The van der Waals surface area contributed by atoms with Crippen LogP contribution in [0.15, 0.2) is 12.3 Å². The molecule has 2 heterocycles. The van der Waals surface area contributed by atoms with Gasteiger partial charge in [0.05, 0.1) is 9.90 Å². The van der Waals surface area contributed by atoms with Crippen molar-refractivity contribution in [2.45, 2.75) is 32.2 Å². The van der Waals surface area contributed by atoms with Gasteiger partial charge in [0.2, 0.25) is 12.3 Å². The molecule has 1 atom stereocenters. The second kappa shape index (κ2) is 6.93. The standard InChI is InChI=1S/C14H16ClN3O3S/c1-3-8-10(14(16-6-19)22-11(8)15)13(21)18-9-5-4-7(2)17-12(9)20/h6,9H,2-5H2,1H3,(H,16,19)(H,17,20)(H,18,21). The predicted octanol–water partition coefficient (Wildman–Crippen LogP) is 2.05. The molecule has 0 aliphatic carbocycles. The Kier molecular flexibility index (Phi) is 5.20. The fourth-order valence-corrected chi connectivity index (χ4v) is 3.72. The minimum Gasteiger partial charge on any atom is -0.340 e. The molecule has 1 fully saturated rings. The van der Waals surface area contributed by atoms with Crippen LogP contribution in [0, 0.1) is 0 Å². The number of amides is 3. The first-order chi connectivity index (χ1) is 10.5. The second-order valence-electron chi connectivity index (χ2n) is 4.83. The number of carbonyl (C=O) groups is 3. The Labute approximate surface area is 136 Å². The van der Waals surface area contributed by atoms with E-state index in [1.165, 1.54) is 0 Å². The second-order valence-corrected chi connectivity index (χ2v) is 6.45. The number of hydrogen-bond donors (Lipinski definition) is 3. The van der Waals surface area contributed by atoms with Gasteiger partial charge in [0, 0.05) is 5.70 Å². The largest absolute Gasteiger partial charge is 0.340 e. The van der Waals surface area contributed by atoms with Crippen LogP contribution in [0.1, 0.15) is 35.7 Å². The normalized spacial score (nSPS) is 17.8. The van der Waals surface area contributed by atoms with Crippen LogP contribution in [-0.4, -0.2) is 24.3 Å². The summed E-state index contributed by atoms with van der Waals surface area (Å²) in [4.78, 5) is 35.1. The Morgan fingerprint density at radius 3 is 2.91 bits per heavy atom. The van der Waals surface area contributed by atoms with E-state index in [2.05, 4.69) is 22.5 Å². The molecule has 0 bridgehead atoms. The number of carbonyl (C=O) groups excluding carboxylic acids is 3. The van der Waals surface area contributed by atoms with Crippen LogP contribution >= 0.6 is 22.9 Å². The van der Waals surface area contributed by atoms with E-state index in [1.54, 1.807) is 0 Å². The van der Waals surface area contributed by atoms with Gasteiger partial charge in [0.1, 0.15) is 11.0 Å². The Morgan fingerprint density at radius 1 is 1.59 bits per heavy atom. The molecule has 0 aromatic carbocycles. The molecule has 8 heteroatoms. The van der Waals surface area contributed by atoms with Gasteiger partial charge in [-0.25, -0.2) is 0 Å². The highest BCUT2D eigenvalue weighted by atomic mass is 35.5. The van der Waals surface area contributed by atoms with Crippen molar-refractivity contribution in [3.8, 4) is 0 Å². The van der Waals surface area contributed by atoms with Gasteiger partial charge in [-0.05, 0) is 24.8 Å². The molecular formula is C14H16ClN3O3S. The number of hydrogen-bond acceptors (Lipinski definition) is 4. The Hall–Kier alpha value is -1.86. The summed E-state index contributed by atoms with van der Waals surface area (Å²) in [5.41, 5.74) is 1.63. The number of thiophene rings is 1. The van der Waals surface area contributed by atoms with Crippen LogP contribution in [0.4, 0.5) is 5.00 Å². The fourth-order valence-electron chi connectivity index (χ4n) is 2.29. The van der Waals surface area contributed by atoms with Gasteiger partial charge in [0.25, 0.3) is 5.91 Å². The van der Waals surface area contributed by atoms with Crippen molar-refractivity contribution in [1.82, 2.24) is 10.6 Å². The summed E-state index contributed by atoms with van der Waals surface area (Å²) in [6, 6.07) is -0.620. The molecule has 3 amide bonds. The zero-order valence-corrected chi connectivity index (χ0v) is 13.6. The van der Waals surface area contributed by atoms with Crippen LogP contribution in [0.5, 0.6) is 0 Å². The van der Waals surface area contributed by atoms with E-state index in [-0.39, 0.29) is 5.91 Å². The lowest BCUT2D eigenvalue weighted by molar-refractivity contribution is -0.123. The number of rotatable bonds is 5. The predicted molar refractivity (Wildman–Crippen MR) is 86.2 cm³/mol. The lowest BCUT2D eigenvalue weighted by atomic mass is 10.0. The molecule has 0 spiro atoms. The first-order valence-electron chi connectivity index (χ1n) is 6.78. The van der Waals surface area contributed by atoms with E-state index >= 15 is 0 Å². The van der Waals surface area contributed by atoms with Gasteiger partial charge in [-0.15, -0.1) is 11.3 Å². The summed E-state index contributed by atoms with van der Waals surface area (Å²) in [7, 11) is 0. The summed E-state index contributed by atoms with van der Waals surface area (Å²) in [5, 5.41) is 8.18. The van der Waals surface area contributed by atoms with Gasteiger partial charge in [-0.1, -0.05) is 25.1 Å². The van der Waals surface area contributed by atoms with Crippen LogP contribution in [0.3, 0.4) is 0 Å². The van der Waals surface area contributed by atoms with Crippen molar-refractivity contribution < 1.29 is 14.4 Å². The molecule has 1 aliphatic rings. The topological polar surface area (TPSA) is 87.3 Å². The van der Waals surface area contributed by atoms with Crippen molar-refractivity contribution in [3.63, 3.8) is 0 Å². The maximum atomic E-state index is 12.5. The van der Waals surface area contributed by atoms with Crippen molar-refractivity contribution >= 4 is 46.2 Å². The fraction of sp³-hybridized carbons (Fsp3) is 0.357. The van der Waals surface area contributed by atoms with Crippen molar-refractivity contribution in [2.75, 3.05) is 5.32 Å². The molecule has 0 saturated carbocycles. The minimum atomic E-state index is -0.620. The summed E-state index contributed by atoms with van der Waals surface area (Å²) in [6.07, 6.45) is 2.15. The molecule has 1 aliphatic heterocycles. The molecule has 0 radical (unpaired) electrons. The van der Waals surface area contributed by atoms with E-state index < -0.39 is 11.9 Å². The van der Waals surface area contributed by atoms with E-state index in [1.807, 2.05) is 6.92 Å². The summed E-state index contributed by atoms with van der Waals surface area (Å²) in [5.74, 6) is -0.703. The van der Waals surface area contributed by atoms with Gasteiger partial charge in [-0.3, -0.25) is 14.4 Å². The van der Waals surface area contributed by atoms with Gasteiger partial charge in [0.15, 0.2) is 0 Å². The molecule has 1 saturated heterocycles. The summed E-state index contributed by atoms with van der Waals surface area (Å²) < 4.78 is 0.457. The maximum absolute atomic E-state index is 12.5. The lowest BCUT2D eigenvalue weighted by Crippen LogP contribution is -2.49. The van der Waals surface area contributed by atoms with Crippen LogP contribution in [0.2, 0.25) is 4.34 Å². The molecule has 1 aromatic rings. The van der Waals surface area contributed by atoms with Gasteiger partial charge >= 0.3 is 0 Å². The van der Waals surface area contributed by atoms with E-state index in [0.29, 0.717) is 51.8 Å². The zero-order valence-electron chi connectivity index (χ0n) is 12.0. The third kappa shape index (κ3) is 3.31. The van der Waals surface area contributed by atoms with Gasteiger partial charge < -0.3 is 16.0 Å². The van der Waals surface area contributed by atoms with E-state index in [9.17, 15) is 14.4 Å². The summed E-state index contributed by atoms with van der Waals surface area (Å²) in [6.45, 7) is 5.56. The Balaban J connectivity index is 2.23. The molecule has 118 valence electrons. The average Bonchev–Trinajstić information content (AvgIpc) is 2.78. The van der Waals surface area contributed by atoms with Crippen molar-refractivity contribution in [2.24, 2.45) is 0 Å². The number of halogens is 1. The molecule has 22 heavy (non-hydrogen) atoms. The number of allylic oxidation sites excluding steroid dienone is 1. The van der Waals surface area contributed by atoms with Crippen molar-refractivity contribution in [1.29, 1.82) is 0 Å². The summed E-state index contributed by atoms with van der Waals surface area (Å²) >= 11 is 7.24. The van der Waals surface area contributed by atoms with Crippen LogP contribution in [0.25, 0.3) is 0 Å². The third-order valence-corrected chi connectivity index (χ3v) is 4.80. The van der Waals surface area contributed by atoms with E-state index in [4.69, 9.17) is 11.6 Å². The molecule has 2 rings (SSSR count). The first-order valence-corrected chi connectivity index (χ1v) is 7.98. The van der Waals surface area contributed by atoms with E-state index in [0.717, 1.165) is 11.3 Å². The highest BCUT2D eigenvalue weighted by molar-refractivity contribution is 7.20. The molecule has 1 unspecified atom stereocenters. The molecule has 6 nitrogen and oxygen atoms in total. The lowest BCUT2D eigenvalue weighted by Gasteiger charge is -2.24. The number of nitrogens with one attached hydrogen (secondary N) is 3. The molecular weight excluding hydrogens is 326 g/mol. The molecule has 3 N–H and O–H groups in total. The monoisotopic (exact) mass is 341 g/mol.